The van der Waals surface area contributed by atoms with Crippen LogP contribution >= 0.6 is 22.6 Å². The summed E-state index contributed by atoms with van der Waals surface area (Å²) in [5.41, 5.74) is -3.45. The molecule has 0 saturated heterocycles. The fraction of sp³-hybridized carbons (Fsp3) is 0.607. The molecule has 0 atom stereocenters. The van der Waals surface area contributed by atoms with Crippen LogP contribution in [0.25, 0.3) is 0 Å². The fourth-order valence-electron chi connectivity index (χ4n) is 2.80. The Labute approximate surface area is 250 Å². The largest absolute Gasteiger partial charge is 0.443 e. The highest BCUT2D eigenvalue weighted by Crippen LogP contribution is 2.21. The number of benzene rings is 1. The lowest BCUT2D eigenvalue weighted by molar-refractivity contribution is 0.0103. The summed E-state index contributed by atoms with van der Waals surface area (Å²) in [7, 11) is 0. The molecule has 4 amide bonds. The van der Waals surface area contributed by atoms with Crippen LogP contribution in [-0.2, 0) is 25.5 Å². The average Bonchev–Trinajstić information content (AvgIpc) is 2.66. The minimum Gasteiger partial charge on any atom is -0.443 e. The molecule has 1 aromatic rings. The van der Waals surface area contributed by atoms with Gasteiger partial charge in [0, 0.05) is 3.57 Å². The standard InChI is InChI=1S/C28H42IN3O8/c1-25(2,3)37-21(33)30-20(32(23(35)39-27(7,8)9)24(36)40-28(10,11)12)31(22(34)38-26(4,5)6)17-18-14-13-15-19(29)16-18/h13-16H,17H2,1-12H3/b30-20+. The van der Waals surface area contributed by atoms with E-state index in [1.165, 1.54) is 0 Å². The van der Waals surface area contributed by atoms with Gasteiger partial charge in [-0.2, -0.15) is 0 Å². The maximum Gasteiger partial charge on any atom is 0.437 e. The Balaban J connectivity index is 3.96. The van der Waals surface area contributed by atoms with E-state index in [9.17, 15) is 19.2 Å². The van der Waals surface area contributed by atoms with Gasteiger partial charge >= 0.3 is 24.4 Å². The molecule has 0 radical (unpaired) electrons. The molecule has 12 heteroatoms. The van der Waals surface area contributed by atoms with Gasteiger partial charge in [0.2, 0.25) is 5.96 Å². The Morgan fingerprint density at radius 2 is 1.12 bits per heavy atom. The lowest BCUT2D eigenvalue weighted by Crippen LogP contribution is -2.55. The first kappa shape index (κ1) is 35.1. The van der Waals surface area contributed by atoms with Gasteiger partial charge in [-0.15, -0.1) is 9.89 Å². The third-order valence-corrected chi connectivity index (χ3v) is 4.69. The normalized spacial score (nSPS) is 12.8. The molecule has 0 unspecified atom stereocenters. The number of imide groups is 1. The van der Waals surface area contributed by atoms with Crippen molar-refractivity contribution in [1.29, 1.82) is 0 Å². The van der Waals surface area contributed by atoms with Crippen LogP contribution in [0.1, 0.15) is 88.6 Å². The molecule has 0 N–H and O–H groups in total. The Morgan fingerprint density at radius 1 is 0.700 bits per heavy atom. The van der Waals surface area contributed by atoms with Crippen molar-refractivity contribution in [3.05, 3.63) is 33.4 Å². The number of guanidine groups is 1. The number of ether oxygens (including phenoxy) is 4. The third kappa shape index (κ3) is 13.4. The zero-order valence-electron chi connectivity index (χ0n) is 25.5. The van der Waals surface area contributed by atoms with E-state index in [2.05, 4.69) is 27.6 Å². The molecule has 0 fully saturated rings. The smallest absolute Gasteiger partial charge is 0.437 e. The maximum absolute atomic E-state index is 13.6. The van der Waals surface area contributed by atoms with E-state index in [1.807, 2.05) is 6.07 Å². The Morgan fingerprint density at radius 3 is 1.52 bits per heavy atom. The van der Waals surface area contributed by atoms with Crippen molar-refractivity contribution in [2.75, 3.05) is 0 Å². The van der Waals surface area contributed by atoms with Crippen LogP contribution in [0.5, 0.6) is 0 Å². The van der Waals surface area contributed by atoms with Crippen molar-refractivity contribution in [2.45, 2.75) is 112 Å². The Bertz CT molecular complexity index is 1090. The lowest BCUT2D eigenvalue weighted by Gasteiger charge is -2.33. The van der Waals surface area contributed by atoms with Crippen LogP contribution in [-0.4, -0.2) is 62.5 Å². The van der Waals surface area contributed by atoms with Gasteiger partial charge in [0.1, 0.15) is 22.4 Å². The third-order valence-electron chi connectivity index (χ3n) is 4.02. The molecule has 0 bridgehead atoms. The van der Waals surface area contributed by atoms with Gasteiger partial charge in [0.05, 0.1) is 6.54 Å². The van der Waals surface area contributed by atoms with Crippen molar-refractivity contribution >= 4 is 52.9 Å². The maximum atomic E-state index is 13.6. The summed E-state index contributed by atoms with van der Waals surface area (Å²) in [6, 6.07) is 7.14. The van der Waals surface area contributed by atoms with E-state index in [4.69, 9.17) is 18.9 Å². The minimum atomic E-state index is -1.22. The second kappa shape index (κ2) is 13.2. The number of rotatable bonds is 2. The molecular weight excluding hydrogens is 633 g/mol. The molecule has 0 aliphatic heterocycles. The van der Waals surface area contributed by atoms with Crippen LogP contribution in [0.2, 0.25) is 0 Å². The zero-order valence-corrected chi connectivity index (χ0v) is 27.7. The predicted octanol–water partition coefficient (Wildman–Crippen LogP) is 7.49. The van der Waals surface area contributed by atoms with Crippen molar-refractivity contribution in [3.8, 4) is 0 Å². The van der Waals surface area contributed by atoms with Gasteiger partial charge in [-0.05, 0) is 123 Å². The summed E-state index contributed by atoms with van der Waals surface area (Å²) in [4.78, 5) is 58.8. The molecule has 1 rings (SSSR count). The van der Waals surface area contributed by atoms with Crippen molar-refractivity contribution < 1.29 is 38.1 Å². The Kier molecular flexibility index (Phi) is 11.6. The SMILES string of the molecule is CC(C)(C)OC(=O)/N=C(\N(Cc1cccc(I)c1)C(=O)OC(C)(C)C)N(C(=O)OC(C)(C)C)C(=O)OC(C)(C)C. The molecule has 11 nitrogen and oxygen atoms in total. The molecule has 0 aliphatic rings. The molecule has 0 aromatic heterocycles. The molecular formula is C28H42IN3O8. The number of carbonyl (C=O) groups is 4. The fourth-order valence-corrected chi connectivity index (χ4v) is 3.41. The lowest BCUT2D eigenvalue weighted by atomic mass is 10.2. The van der Waals surface area contributed by atoms with Gasteiger partial charge in [-0.1, -0.05) is 12.1 Å². The van der Waals surface area contributed by atoms with E-state index in [0.717, 1.165) is 8.47 Å². The predicted molar refractivity (Wildman–Crippen MR) is 159 cm³/mol. The summed E-state index contributed by atoms with van der Waals surface area (Å²) in [5, 5.41) is 0. The topological polar surface area (TPSA) is 124 Å². The first-order valence-corrected chi connectivity index (χ1v) is 13.8. The molecule has 0 saturated carbocycles. The van der Waals surface area contributed by atoms with Gasteiger partial charge in [-0.3, -0.25) is 0 Å². The molecule has 0 aliphatic carbocycles. The van der Waals surface area contributed by atoms with Crippen molar-refractivity contribution in [3.63, 3.8) is 0 Å². The molecule has 0 spiro atoms. The van der Waals surface area contributed by atoms with Gasteiger partial charge in [0.25, 0.3) is 0 Å². The van der Waals surface area contributed by atoms with Crippen LogP contribution in [0, 0.1) is 3.57 Å². The average molecular weight is 676 g/mol. The van der Waals surface area contributed by atoms with E-state index in [-0.39, 0.29) is 6.54 Å². The van der Waals surface area contributed by atoms with E-state index in [1.54, 1.807) is 101 Å². The van der Waals surface area contributed by atoms with Crippen LogP contribution in [0.15, 0.2) is 29.3 Å². The minimum absolute atomic E-state index is 0.227. The second-order valence-electron chi connectivity index (χ2n) is 12.9. The van der Waals surface area contributed by atoms with Gasteiger partial charge in [-0.25, -0.2) is 24.1 Å². The Hall–Kier alpha value is -2.90. The quantitative estimate of drug-likeness (QED) is 0.137. The van der Waals surface area contributed by atoms with Crippen LogP contribution < -0.4 is 0 Å². The number of nitrogens with zero attached hydrogens (tertiary/aromatic N) is 3. The summed E-state index contributed by atoms with van der Waals surface area (Å²) >= 11 is 2.11. The summed E-state index contributed by atoms with van der Waals surface area (Å²) < 4.78 is 22.7. The molecule has 40 heavy (non-hydrogen) atoms. The first-order chi connectivity index (χ1) is 17.9. The number of halogens is 1. The molecule has 0 heterocycles. The van der Waals surface area contributed by atoms with E-state index < -0.39 is 52.7 Å². The van der Waals surface area contributed by atoms with E-state index >= 15 is 0 Å². The number of carbonyl (C=O) groups excluding carboxylic acids is 4. The number of aliphatic imine (C=N–C) groups is 1. The summed E-state index contributed by atoms with van der Waals surface area (Å²) in [6.07, 6.45) is -4.58. The molecule has 1 aromatic carbocycles. The number of hydrogen-bond donors (Lipinski definition) is 0. The summed E-state index contributed by atoms with van der Waals surface area (Å²) in [5.74, 6) is -0.703. The van der Waals surface area contributed by atoms with Crippen molar-refractivity contribution in [1.82, 2.24) is 9.80 Å². The highest BCUT2D eigenvalue weighted by Gasteiger charge is 2.41. The highest BCUT2D eigenvalue weighted by atomic mass is 127. The van der Waals surface area contributed by atoms with E-state index in [0.29, 0.717) is 10.5 Å². The van der Waals surface area contributed by atoms with Crippen LogP contribution in [0.3, 0.4) is 0 Å². The number of hydrogen-bond acceptors (Lipinski definition) is 8. The zero-order chi connectivity index (χ0) is 31.3. The van der Waals surface area contributed by atoms with Gasteiger partial charge < -0.3 is 18.9 Å². The summed E-state index contributed by atoms with van der Waals surface area (Å²) in [6.45, 7) is 19.2. The second-order valence-corrected chi connectivity index (χ2v) is 14.1. The first-order valence-electron chi connectivity index (χ1n) is 12.7. The molecule has 224 valence electrons. The highest BCUT2D eigenvalue weighted by molar-refractivity contribution is 14.1. The van der Waals surface area contributed by atoms with Gasteiger partial charge in [0.15, 0.2) is 0 Å². The van der Waals surface area contributed by atoms with Crippen LogP contribution in [0.4, 0.5) is 19.2 Å². The monoisotopic (exact) mass is 675 g/mol. The van der Waals surface area contributed by atoms with Crippen molar-refractivity contribution in [2.24, 2.45) is 4.99 Å². The number of amides is 4.